The molecule has 1 aliphatic rings. The van der Waals surface area contributed by atoms with Gasteiger partial charge in [-0.2, -0.15) is 0 Å². The Bertz CT molecular complexity index is 429. The van der Waals surface area contributed by atoms with Gasteiger partial charge in [0.2, 0.25) is 0 Å². The monoisotopic (exact) mass is 261 g/mol. The number of rotatable bonds is 3. The van der Waals surface area contributed by atoms with Crippen LogP contribution in [-0.2, 0) is 0 Å². The quantitative estimate of drug-likeness (QED) is 0.849. The molecule has 0 heterocycles. The minimum Gasteiger partial charge on any atom is -0.508 e. The summed E-state index contributed by atoms with van der Waals surface area (Å²) >= 11 is 0. The van der Waals surface area contributed by atoms with Crippen LogP contribution < -0.4 is 5.32 Å². The van der Waals surface area contributed by atoms with Crippen LogP contribution in [0.25, 0.3) is 0 Å². The van der Waals surface area contributed by atoms with Gasteiger partial charge in [0.15, 0.2) is 0 Å². The summed E-state index contributed by atoms with van der Waals surface area (Å²) in [5.74, 6) is 0.413. The lowest BCUT2D eigenvalue weighted by molar-refractivity contribution is 0.199. The summed E-state index contributed by atoms with van der Waals surface area (Å²) in [6.07, 6.45) is 5.06. The average Bonchev–Trinajstić information content (AvgIpc) is 2.31. The van der Waals surface area contributed by atoms with Gasteiger partial charge in [-0.1, -0.05) is 26.0 Å². The van der Waals surface area contributed by atoms with Crippen molar-refractivity contribution in [3.8, 4) is 5.75 Å². The topological polar surface area (TPSA) is 32.3 Å². The van der Waals surface area contributed by atoms with E-state index in [2.05, 4.69) is 32.2 Å². The lowest BCUT2D eigenvalue weighted by atomic mass is 9.75. The highest BCUT2D eigenvalue weighted by atomic mass is 16.3. The SMILES string of the molecule is Cc1ccc(C(C)NC2CCC(C)(C)CC2)c(O)c1. The first-order chi connectivity index (χ1) is 8.87. The van der Waals surface area contributed by atoms with Crippen LogP contribution in [0.1, 0.15) is 63.6 Å². The summed E-state index contributed by atoms with van der Waals surface area (Å²) in [5.41, 5.74) is 2.62. The van der Waals surface area contributed by atoms with Crippen LogP contribution in [0.4, 0.5) is 0 Å². The molecular weight excluding hydrogens is 234 g/mol. The molecule has 1 fully saturated rings. The van der Waals surface area contributed by atoms with Crippen molar-refractivity contribution in [1.82, 2.24) is 5.32 Å². The minimum absolute atomic E-state index is 0.215. The third-order valence-corrected chi connectivity index (χ3v) is 4.48. The van der Waals surface area contributed by atoms with Gasteiger partial charge in [0.1, 0.15) is 5.75 Å². The van der Waals surface area contributed by atoms with E-state index in [-0.39, 0.29) is 6.04 Å². The molecule has 106 valence electrons. The van der Waals surface area contributed by atoms with Crippen molar-refractivity contribution >= 4 is 0 Å². The second kappa shape index (κ2) is 5.54. The Kier molecular flexibility index (Phi) is 4.19. The van der Waals surface area contributed by atoms with Crippen LogP contribution in [0.5, 0.6) is 5.75 Å². The summed E-state index contributed by atoms with van der Waals surface area (Å²) in [6.45, 7) is 8.87. The summed E-state index contributed by atoms with van der Waals surface area (Å²) in [7, 11) is 0. The number of nitrogens with one attached hydrogen (secondary N) is 1. The van der Waals surface area contributed by atoms with E-state index >= 15 is 0 Å². The van der Waals surface area contributed by atoms with E-state index in [0.29, 0.717) is 17.2 Å². The highest BCUT2D eigenvalue weighted by molar-refractivity contribution is 5.37. The number of hydrogen-bond donors (Lipinski definition) is 2. The van der Waals surface area contributed by atoms with Crippen molar-refractivity contribution in [2.75, 3.05) is 0 Å². The Morgan fingerprint density at radius 1 is 1.26 bits per heavy atom. The van der Waals surface area contributed by atoms with E-state index in [1.165, 1.54) is 25.7 Å². The summed E-state index contributed by atoms with van der Waals surface area (Å²) in [5, 5.41) is 13.7. The third kappa shape index (κ3) is 3.73. The molecule has 1 saturated carbocycles. The van der Waals surface area contributed by atoms with Crippen LogP contribution in [0.3, 0.4) is 0 Å². The Hall–Kier alpha value is -1.02. The van der Waals surface area contributed by atoms with E-state index in [1.807, 2.05) is 19.1 Å². The lowest BCUT2D eigenvalue weighted by Crippen LogP contribution is -2.37. The molecule has 0 amide bonds. The zero-order valence-corrected chi connectivity index (χ0v) is 12.7. The van der Waals surface area contributed by atoms with Gasteiger partial charge in [-0.05, 0) is 56.6 Å². The highest BCUT2D eigenvalue weighted by Gasteiger charge is 2.27. The molecule has 1 aromatic rings. The minimum atomic E-state index is 0.215. The number of phenols is 1. The largest absolute Gasteiger partial charge is 0.508 e. The predicted molar refractivity (Wildman–Crippen MR) is 80.4 cm³/mol. The van der Waals surface area contributed by atoms with Gasteiger partial charge in [0.05, 0.1) is 0 Å². The molecule has 0 spiro atoms. The molecule has 0 radical (unpaired) electrons. The number of hydrogen-bond acceptors (Lipinski definition) is 2. The maximum atomic E-state index is 10.0. The normalized spacial score (nSPS) is 21.3. The molecule has 0 aromatic heterocycles. The van der Waals surface area contributed by atoms with Crippen molar-refractivity contribution < 1.29 is 5.11 Å². The molecule has 0 saturated heterocycles. The Labute approximate surface area is 117 Å². The van der Waals surface area contributed by atoms with Crippen LogP contribution in [-0.4, -0.2) is 11.1 Å². The molecule has 0 bridgehead atoms. The van der Waals surface area contributed by atoms with Crippen LogP contribution in [0.2, 0.25) is 0 Å². The number of aromatic hydroxyl groups is 1. The first kappa shape index (κ1) is 14.4. The van der Waals surface area contributed by atoms with Gasteiger partial charge in [-0.3, -0.25) is 0 Å². The molecule has 2 rings (SSSR count). The fraction of sp³-hybridized carbons (Fsp3) is 0.647. The first-order valence-corrected chi connectivity index (χ1v) is 7.43. The van der Waals surface area contributed by atoms with E-state index in [9.17, 15) is 5.11 Å². The van der Waals surface area contributed by atoms with Gasteiger partial charge in [0.25, 0.3) is 0 Å². The van der Waals surface area contributed by atoms with Crippen molar-refractivity contribution in [2.24, 2.45) is 5.41 Å². The average molecular weight is 261 g/mol. The highest BCUT2D eigenvalue weighted by Crippen LogP contribution is 2.36. The molecule has 0 aliphatic heterocycles. The fourth-order valence-corrected chi connectivity index (χ4v) is 3.03. The van der Waals surface area contributed by atoms with E-state index in [1.54, 1.807) is 0 Å². The predicted octanol–water partition coefficient (Wildman–Crippen LogP) is 4.32. The van der Waals surface area contributed by atoms with Gasteiger partial charge in [-0.15, -0.1) is 0 Å². The number of benzene rings is 1. The number of phenolic OH excluding ortho intramolecular Hbond substituents is 1. The zero-order valence-electron chi connectivity index (χ0n) is 12.7. The van der Waals surface area contributed by atoms with Crippen LogP contribution in [0, 0.1) is 12.3 Å². The summed E-state index contributed by atoms with van der Waals surface area (Å²) < 4.78 is 0. The van der Waals surface area contributed by atoms with E-state index < -0.39 is 0 Å². The van der Waals surface area contributed by atoms with Gasteiger partial charge < -0.3 is 10.4 Å². The molecule has 19 heavy (non-hydrogen) atoms. The van der Waals surface area contributed by atoms with Crippen molar-refractivity contribution in [3.63, 3.8) is 0 Å². The maximum absolute atomic E-state index is 10.0. The van der Waals surface area contributed by atoms with Crippen molar-refractivity contribution in [3.05, 3.63) is 29.3 Å². The molecule has 2 N–H and O–H groups in total. The Morgan fingerprint density at radius 3 is 2.47 bits per heavy atom. The van der Waals surface area contributed by atoms with Crippen LogP contribution in [0.15, 0.2) is 18.2 Å². The van der Waals surface area contributed by atoms with Crippen LogP contribution >= 0.6 is 0 Å². The van der Waals surface area contributed by atoms with Crippen molar-refractivity contribution in [1.29, 1.82) is 0 Å². The van der Waals surface area contributed by atoms with Gasteiger partial charge in [-0.25, -0.2) is 0 Å². The molecule has 1 unspecified atom stereocenters. The molecule has 2 heteroatoms. The summed E-state index contributed by atoms with van der Waals surface area (Å²) in [4.78, 5) is 0. The Morgan fingerprint density at radius 2 is 1.89 bits per heavy atom. The molecule has 1 aliphatic carbocycles. The maximum Gasteiger partial charge on any atom is 0.120 e. The van der Waals surface area contributed by atoms with Crippen molar-refractivity contribution in [2.45, 2.75) is 65.5 Å². The Balaban J connectivity index is 1.96. The second-order valence-electron chi connectivity index (χ2n) is 6.89. The van der Waals surface area contributed by atoms with E-state index in [0.717, 1.165) is 11.1 Å². The lowest BCUT2D eigenvalue weighted by Gasteiger charge is -2.36. The third-order valence-electron chi connectivity index (χ3n) is 4.48. The molecule has 1 aromatic carbocycles. The van der Waals surface area contributed by atoms with E-state index in [4.69, 9.17) is 0 Å². The second-order valence-corrected chi connectivity index (χ2v) is 6.89. The fourth-order valence-electron chi connectivity index (χ4n) is 3.03. The van der Waals surface area contributed by atoms with Gasteiger partial charge in [0, 0.05) is 17.6 Å². The standard InChI is InChI=1S/C17H27NO/c1-12-5-6-15(16(19)11-12)13(2)18-14-7-9-17(3,4)10-8-14/h5-6,11,13-14,18-19H,7-10H2,1-4H3. The molecule has 2 nitrogen and oxygen atoms in total. The smallest absolute Gasteiger partial charge is 0.120 e. The molecular formula is C17H27NO. The summed E-state index contributed by atoms with van der Waals surface area (Å²) in [6, 6.07) is 6.75. The molecule has 1 atom stereocenters. The van der Waals surface area contributed by atoms with Gasteiger partial charge >= 0.3 is 0 Å². The first-order valence-electron chi connectivity index (χ1n) is 7.43. The zero-order chi connectivity index (χ0) is 14.0. The number of aryl methyl sites for hydroxylation is 1.